The lowest BCUT2D eigenvalue weighted by Crippen LogP contribution is -2.32. The standard InChI is InChI=1S/C25H23FN2O4/c1-31-18-11-7-16(8-12-18)24-20(25(30)27-22-6-4-3-5-21(22)26)15-23(29)28(24)17-9-13-19(32-2)14-10-17/h3-14,20,24H,15H2,1-2H3,(H,27,30)/t20-,24-/m1/s1. The zero-order chi connectivity index (χ0) is 22.7. The van der Waals surface area contributed by atoms with Crippen LogP contribution in [0.5, 0.6) is 11.5 Å². The van der Waals surface area contributed by atoms with Crippen LogP contribution < -0.4 is 19.7 Å². The van der Waals surface area contributed by atoms with Crippen molar-refractivity contribution in [3.05, 3.63) is 84.2 Å². The molecule has 0 bridgehead atoms. The van der Waals surface area contributed by atoms with Crippen LogP contribution in [0.3, 0.4) is 0 Å². The van der Waals surface area contributed by atoms with E-state index < -0.39 is 23.7 Å². The highest BCUT2D eigenvalue weighted by Gasteiger charge is 2.45. The number of hydrogen-bond acceptors (Lipinski definition) is 4. The molecule has 3 aromatic carbocycles. The maximum atomic E-state index is 14.1. The largest absolute Gasteiger partial charge is 0.497 e. The zero-order valence-electron chi connectivity index (χ0n) is 17.7. The van der Waals surface area contributed by atoms with E-state index in [4.69, 9.17) is 9.47 Å². The highest BCUT2D eigenvalue weighted by Crippen LogP contribution is 2.42. The second-order valence-corrected chi connectivity index (χ2v) is 7.46. The van der Waals surface area contributed by atoms with Crippen molar-refractivity contribution in [1.29, 1.82) is 0 Å². The molecule has 0 spiro atoms. The van der Waals surface area contributed by atoms with E-state index in [9.17, 15) is 14.0 Å². The van der Waals surface area contributed by atoms with E-state index in [2.05, 4.69) is 5.32 Å². The van der Waals surface area contributed by atoms with Crippen LogP contribution in [0.25, 0.3) is 0 Å². The first-order chi connectivity index (χ1) is 15.5. The third kappa shape index (κ3) is 4.14. The minimum Gasteiger partial charge on any atom is -0.497 e. The van der Waals surface area contributed by atoms with Gasteiger partial charge in [-0.3, -0.25) is 9.59 Å². The molecule has 0 unspecified atom stereocenters. The Bertz CT molecular complexity index is 1120. The van der Waals surface area contributed by atoms with Crippen molar-refractivity contribution in [1.82, 2.24) is 0 Å². The van der Waals surface area contributed by atoms with Crippen molar-refractivity contribution < 1.29 is 23.5 Å². The first-order valence-electron chi connectivity index (χ1n) is 10.2. The van der Waals surface area contributed by atoms with Gasteiger partial charge in [0.25, 0.3) is 0 Å². The van der Waals surface area contributed by atoms with Crippen molar-refractivity contribution in [2.45, 2.75) is 12.5 Å². The molecule has 1 aliphatic heterocycles. The first-order valence-corrected chi connectivity index (χ1v) is 10.2. The van der Waals surface area contributed by atoms with Crippen LogP contribution in [-0.2, 0) is 9.59 Å². The number of methoxy groups -OCH3 is 2. The Morgan fingerprint density at radius 2 is 1.53 bits per heavy atom. The Hall–Kier alpha value is -3.87. The number of hydrogen-bond donors (Lipinski definition) is 1. The van der Waals surface area contributed by atoms with Crippen molar-refractivity contribution in [3.8, 4) is 11.5 Å². The summed E-state index contributed by atoms with van der Waals surface area (Å²) in [5.41, 5.74) is 1.51. The van der Waals surface area contributed by atoms with Gasteiger partial charge in [0.1, 0.15) is 17.3 Å². The van der Waals surface area contributed by atoms with Crippen molar-refractivity contribution in [2.75, 3.05) is 24.4 Å². The topological polar surface area (TPSA) is 67.9 Å². The van der Waals surface area contributed by atoms with Gasteiger partial charge in [-0.25, -0.2) is 4.39 Å². The molecular formula is C25H23FN2O4. The number of benzene rings is 3. The molecule has 0 aromatic heterocycles. The Morgan fingerprint density at radius 3 is 2.12 bits per heavy atom. The summed E-state index contributed by atoms with van der Waals surface area (Å²) in [7, 11) is 3.14. The summed E-state index contributed by atoms with van der Waals surface area (Å²) in [5.74, 6) is -0.516. The summed E-state index contributed by atoms with van der Waals surface area (Å²) in [4.78, 5) is 27.9. The van der Waals surface area contributed by atoms with Gasteiger partial charge in [0.2, 0.25) is 11.8 Å². The van der Waals surface area contributed by atoms with Gasteiger partial charge < -0.3 is 19.7 Å². The summed E-state index contributed by atoms with van der Waals surface area (Å²) in [5, 5.41) is 2.65. The van der Waals surface area contributed by atoms with Gasteiger partial charge in [-0.1, -0.05) is 24.3 Å². The summed E-state index contributed by atoms with van der Waals surface area (Å²) in [6, 6.07) is 19.7. The molecule has 2 atom stereocenters. The third-order valence-electron chi connectivity index (χ3n) is 5.60. The second-order valence-electron chi connectivity index (χ2n) is 7.46. The van der Waals surface area contributed by atoms with E-state index >= 15 is 0 Å². The molecule has 1 N–H and O–H groups in total. The fraction of sp³-hybridized carbons (Fsp3) is 0.200. The highest BCUT2D eigenvalue weighted by molar-refractivity contribution is 6.04. The van der Waals surface area contributed by atoms with E-state index in [1.807, 2.05) is 12.1 Å². The predicted molar refractivity (Wildman–Crippen MR) is 119 cm³/mol. The molecule has 0 saturated carbocycles. The molecule has 1 aliphatic rings. The zero-order valence-corrected chi connectivity index (χ0v) is 17.7. The van der Waals surface area contributed by atoms with Gasteiger partial charge in [-0.2, -0.15) is 0 Å². The smallest absolute Gasteiger partial charge is 0.230 e. The fourth-order valence-electron chi connectivity index (χ4n) is 3.99. The van der Waals surface area contributed by atoms with Gasteiger partial charge >= 0.3 is 0 Å². The van der Waals surface area contributed by atoms with E-state index in [1.165, 1.54) is 12.1 Å². The minimum atomic E-state index is -0.711. The Kier molecular flexibility index (Phi) is 6.07. The van der Waals surface area contributed by atoms with Gasteiger partial charge in [-0.15, -0.1) is 0 Å². The molecule has 2 amide bonds. The molecule has 7 heteroatoms. The van der Waals surface area contributed by atoms with Crippen LogP contribution in [0.4, 0.5) is 15.8 Å². The molecule has 4 rings (SSSR count). The monoisotopic (exact) mass is 434 g/mol. The number of carbonyl (C=O) groups excluding carboxylic acids is 2. The van der Waals surface area contributed by atoms with Crippen LogP contribution in [0.2, 0.25) is 0 Å². The summed E-state index contributed by atoms with van der Waals surface area (Å²) < 4.78 is 24.6. The van der Waals surface area contributed by atoms with E-state index in [0.29, 0.717) is 17.2 Å². The molecule has 164 valence electrons. The Balaban J connectivity index is 1.71. The average molecular weight is 434 g/mol. The number of ether oxygens (including phenoxy) is 2. The molecule has 1 fully saturated rings. The van der Waals surface area contributed by atoms with Gasteiger partial charge in [0, 0.05) is 12.1 Å². The summed E-state index contributed by atoms with van der Waals surface area (Å²) in [6.45, 7) is 0. The molecule has 3 aromatic rings. The molecule has 1 saturated heterocycles. The van der Waals surface area contributed by atoms with Gasteiger partial charge in [0.15, 0.2) is 0 Å². The number of halogens is 1. The molecule has 32 heavy (non-hydrogen) atoms. The van der Waals surface area contributed by atoms with Crippen molar-refractivity contribution in [2.24, 2.45) is 5.92 Å². The van der Waals surface area contributed by atoms with E-state index in [-0.39, 0.29) is 18.0 Å². The highest BCUT2D eigenvalue weighted by atomic mass is 19.1. The second kappa shape index (κ2) is 9.09. The number of anilines is 2. The van der Waals surface area contributed by atoms with Crippen molar-refractivity contribution >= 4 is 23.2 Å². The fourth-order valence-corrected chi connectivity index (χ4v) is 3.99. The number of carbonyl (C=O) groups is 2. The minimum absolute atomic E-state index is 0.00299. The van der Waals surface area contributed by atoms with Gasteiger partial charge in [0.05, 0.1) is 31.9 Å². The first kappa shape index (κ1) is 21.4. The van der Waals surface area contributed by atoms with Crippen LogP contribution in [0.1, 0.15) is 18.0 Å². The molecular weight excluding hydrogens is 411 g/mol. The lowest BCUT2D eigenvalue weighted by Gasteiger charge is -2.28. The summed E-state index contributed by atoms with van der Waals surface area (Å²) >= 11 is 0. The van der Waals surface area contributed by atoms with Crippen molar-refractivity contribution in [3.63, 3.8) is 0 Å². The quantitative estimate of drug-likeness (QED) is 0.617. The van der Waals surface area contributed by atoms with Crippen LogP contribution in [-0.4, -0.2) is 26.0 Å². The van der Waals surface area contributed by atoms with Crippen LogP contribution >= 0.6 is 0 Å². The number of para-hydroxylation sites is 1. The Labute approximate surface area is 185 Å². The average Bonchev–Trinajstić information content (AvgIpc) is 3.17. The predicted octanol–water partition coefficient (Wildman–Crippen LogP) is 4.58. The van der Waals surface area contributed by atoms with E-state index in [0.717, 1.165) is 5.56 Å². The molecule has 0 aliphatic carbocycles. The number of amides is 2. The number of nitrogens with one attached hydrogen (secondary N) is 1. The molecule has 0 radical (unpaired) electrons. The normalized spacial score (nSPS) is 17.8. The molecule has 6 nitrogen and oxygen atoms in total. The lowest BCUT2D eigenvalue weighted by molar-refractivity contribution is -0.122. The SMILES string of the molecule is COc1ccc([C@@H]2[C@H](C(=O)Nc3ccccc3F)CC(=O)N2c2ccc(OC)cc2)cc1. The summed E-state index contributed by atoms with van der Waals surface area (Å²) in [6.07, 6.45) is 0.00299. The Morgan fingerprint density at radius 1 is 0.938 bits per heavy atom. The number of rotatable bonds is 6. The number of nitrogens with zero attached hydrogens (tertiary/aromatic N) is 1. The van der Waals surface area contributed by atoms with Crippen LogP contribution in [0, 0.1) is 11.7 Å². The maximum absolute atomic E-state index is 14.1. The van der Waals surface area contributed by atoms with Gasteiger partial charge in [-0.05, 0) is 54.1 Å². The maximum Gasteiger partial charge on any atom is 0.230 e. The van der Waals surface area contributed by atoms with E-state index in [1.54, 1.807) is 67.7 Å². The van der Waals surface area contributed by atoms with Crippen LogP contribution in [0.15, 0.2) is 72.8 Å². The third-order valence-corrected chi connectivity index (χ3v) is 5.60. The molecule has 1 heterocycles. The lowest BCUT2D eigenvalue weighted by atomic mass is 9.92.